The fourth-order valence-corrected chi connectivity index (χ4v) is 4.43. The van der Waals surface area contributed by atoms with Crippen LogP contribution in [0.25, 0.3) is 0 Å². The Labute approximate surface area is 211 Å². The highest BCUT2D eigenvalue weighted by Gasteiger charge is 2.07. The van der Waals surface area contributed by atoms with Gasteiger partial charge in [0.05, 0.1) is 26.4 Å². The summed E-state index contributed by atoms with van der Waals surface area (Å²) in [6.07, 6.45) is 2.64. The van der Waals surface area contributed by atoms with Crippen LogP contribution in [0.4, 0.5) is 0 Å². The molecule has 0 saturated carbocycles. The number of unbranched alkanes of at least 4 members (excludes halogenated alkanes) is 1. The van der Waals surface area contributed by atoms with Crippen LogP contribution in [0.2, 0.25) is 21.1 Å². The van der Waals surface area contributed by atoms with Crippen molar-refractivity contribution in [3.63, 3.8) is 0 Å². The predicted molar refractivity (Wildman–Crippen MR) is 147 cm³/mol. The average molecular weight is 475 g/mol. The Bertz CT molecular complexity index is 247. The number of hydrogen-bond donors (Lipinski definition) is 0. The Hall–Kier alpha value is 0.905. The highest BCUT2D eigenvalue weighted by molar-refractivity contribution is 6.58. The lowest BCUT2D eigenvalue weighted by molar-refractivity contribution is 0.0404. The topological polar surface area (TPSA) is 24.9 Å². The molecule has 2 saturated heterocycles. The van der Waals surface area contributed by atoms with Gasteiger partial charge in [-0.25, -0.2) is 0 Å². The predicted octanol–water partition coefficient (Wildman–Crippen LogP) is 6.25. The second kappa shape index (κ2) is 35.5. The molecule has 2 fully saturated rings. The molecule has 0 atom stereocenters. The summed E-state index contributed by atoms with van der Waals surface area (Å²) in [7, 11) is 0. The van der Waals surface area contributed by atoms with Crippen molar-refractivity contribution in [2.24, 2.45) is 0 Å². The van der Waals surface area contributed by atoms with E-state index in [1.165, 1.54) is 47.1 Å². The van der Waals surface area contributed by atoms with E-state index in [2.05, 4.69) is 81.5 Å². The van der Waals surface area contributed by atoms with Gasteiger partial charge in [-0.15, -0.1) is 5.28 Å². The molecule has 0 aromatic heterocycles. The molecule has 0 aliphatic carbocycles. The molecule has 0 unspecified atom stereocenters. The SMILES string of the molecule is C.CCCC.CCN1CCOCC1.CCN1CCOCC1.C[CH2][Al].C[CH2][Al]([CH2]C)[CH2]C. The Morgan fingerprint density at radius 1 is 0.613 bits per heavy atom. The number of likely N-dealkylation sites (N-methyl/N-ethyl adjacent to an activating group) is 2. The lowest BCUT2D eigenvalue weighted by atomic mass is 10.4. The molecular weight excluding hydrogens is 414 g/mol. The van der Waals surface area contributed by atoms with Crippen LogP contribution < -0.4 is 0 Å². The quantitative estimate of drug-likeness (QED) is 0.425. The van der Waals surface area contributed by atoms with Crippen molar-refractivity contribution in [1.82, 2.24) is 9.80 Å². The van der Waals surface area contributed by atoms with Crippen LogP contribution in [-0.2, 0) is 9.47 Å². The second-order valence-corrected chi connectivity index (χ2v) is 12.6. The summed E-state index contributed by atoms with van der Waals surface area (Å²) in [6.45, 7) is 28.3. The molecule has 0 aromatic carbocycles. The number of nitrogens with zero attached hydrogens (tertiary/aromatic N) is 2. The van der Waals surface area contributed by atoms with Crippen LogP contribution in [0.5, 0.6) is 0 Å². The van der Waals surface area contributed by atoms with Crippen molar-refractivity contribution in [3.05, 3.63) is 0 Å². The van der Waals surface area contributed by atoms with Crippen molar-refractivity contribution in [3.8, 4) is 0 Å². The van der Waals surface area contributed by atoms with E-state index < -0.39 is 0 Å². The van der Waals surface area contributed by atoms with Crippen molar-refractivity contribution in [2.45, 2.75) is 96.8 Å². The van der Waals surface area contributed by atoms with Crippen LogP contribution in [0, 0.1) is 0 Å². The standard InChI is InChI=1S/2C6H13NO.C4H10.4C2H5.CH4.2Al/c2*1-2-7-3-5-8-6-4-7;1-3-4-2;4*1-2;;;/h2*2-6H2,1H3;3-4H2,1-2H3;4*1H2,2H3;1H4;;. The molecule has 4 nitrogen and oxygen atoms in total. The maximum atomic E-state index is 5.16. The highest BCUT2D eigenvalue weighted by atomic mass is 27.2. The van der Waals surface area contributed by atoms with E-state index >= 15 is 0 Å². The van der Waals surface area contributed by atoms with Crippen molar-refractivity contribution in [2.75, 3.05) is 65.7 Å². The van der Waals surface area contributed by atoms with E-state index in [9.17, 15) is 0 Å². The fourth-order valence-electron chi connectivity index (χ4n) is 2.70. The molecule has 0 bridgehead atoms. The zero-order chi connectivity index (χ0) is 23.5. The Morgan fingerprint density at radius 2 is 0.871 bits per heavy atom. The van der Waals surface area contributed by atoms with Crippen LogP contribution >= 0.6 is 0 Å². The van der Waals surface area contributed by atoms with Gasteiger partial charge < -0.3 is 9.47 Å². The van der Waals surface area contributed by atoms with Crippen molar-refractivity contribution >= 4 is 30.4 Å². The van der Waals surface area contributed by atoms with E-state index in [1.54, 1.807) is 0 Å². The van der Waals surface area contributed by atoms with Crippen LogP contribution in [0.3, 0.4) is 0 Å². The summed E-state index contributed by atoms with van der Waals surface area (Å²) >= 11 is 2.41. The monoisotopic (exact) mass is 474 g/mol. The van der Waals surface area contributed by atoms with E-state index in [0.717, 1.165) is 52.6 Å². The number of rotatable bonds is 6. The van der Waals surface area contributed by atoms with E-state index in [0.29, 0.717) is 0 Å². The molecule has 2 aliphatic rings. The van der Waals surface area contributed by atoms with Crippen LogP contribution in [-0.4, -0.2) is 106 Å². The normalized spacial score (nSPS) is 15.7. The zero-order valence-electron chi connectivity index (χ0n) is 22.2. The largest absolute Gasteiger partial charge is 0.379 e. The Balaban J connectivity index is -0.000000152. The molecule has 2 rings (SSSR count). The van der Waals surface area contributed by atoms with Crippen LogP contribution in [0.1, 0.15) is 75.7 Å². The summed E-state index contributed by atoms with van der Waals surface area (Å²) in [5.41, 5.74) is 0. The summed E-state index contributed by atoms with van der Waals surface area (Å²) in [5, 5.41) is 5.65. The third-order valence-corrected chi connectivity index (χ3v) is 8.80. The minimum absolute atomic E-state index is 0. The van der Waals surface area contributed by atoms with Gasteiger partial charge in [-0.3, -0.25) is 9.80 Å². The van der Waals surface area contributed by atoms with Crippen LogP contribution in [0.15, 0.2) is 0 Å². The Kier molecular flexibility index (Phi) is 44.8. The summed E-state index contributed by atoms with van der Waals surface area (Å²) < 4.78 is 10.3. The number of hydrogen-bond acceptors (Lipinski definition) is 4. The molecule has 2 aliphatic heterocycles. The first kappa shape index (κ1) is 39.1. The third-order valence-electron chi connectivity index (χ3n) is 5.33. The van der Waals surface area contributed by atoms with E-state index in [-0.39, 0.29) is 21.6 Å². The molecule has 31 heavy (non-hydrogen) atoms. The lowest BCUT2D eigenvalue weighted by Crippen LogP contribution is -2.35. The van der Waals surface area contributed by atoms with Gasteiger partial charge in [-0.2, -0.15) is 0 Å². The smallest absolute Gasteiger partial charge is 0.261 e. The molecule has 0 N–H and O–H groups in total. The molecule has 2 heterocycles. The highest BCUT2D eigenvalue weighted by Crippen LogP contribution is 2.01. The van der Waals surface area contributed by atoms with Gasteiger partial charge in [0.25, 0.3) is 14.1 Å². The van der Waals surface area contributed by atoms with E-state index in [1.807, 2.05) is 0 Å². The molecule has 6 heteroatoms. The first-order valence-corrected chi connectivity index (χ1v) is 16.1. The molecule has 2 radical (unpaired) electrons. The molecule has 188 valence electrons. The summed E-state index contributed by atoms with van der Waals surface area (Å²) in [4.78, 5) is 4.78. The van der Waals surface area contributed by atoms with Gasteiger partial charge in [-0.1, -0.05) is 91.5 Å². The van der Waals surface area contributed by atoms with E-state index in [4.69, 9.17) is 9.47 Å². The third kappa shape index (κ3) is 33.2. The van der Waals surface area contributed by atoms with Gasteiger partial charge >= 0.3 is 0 Å². The number of morpholine rings is 2. The van der Waals surface area contributed by atoms with Gasteiger partial charge in [0.2, 0.25) is 0 Å². The average Bonchev–Trinajstić information content (AvgIpc) is 2.83. The first-order valence-electron chi connectivity index (χ1n) is 12.8. The first-order chi connectivity index (χ1) is 14.5. The zero-order valence-corrected chi connectivity index (χ0v) is 24.5. The molecule has 0 spiro atoms. The lowest BCUT2D eigenvalue weighted by Gasteiger charge is -2.24. The van der Waals surface area contributed by atoms with Gasteiger partial charge in [0.1, 0.15) is 16.3 Å². The maximum absolute atomic E-state index is 5.16. The molecular formula is C25H60Al2N2O2. The fraction of sp³-hybridized carbons (Fsp3) is 1.00. The van der Waals surface area contributed by atoms with Gasteiger partial charge in [0, 0.05) is 26.2 Å². The minimum Gasteiger partial charge on any atom is -0.379 e. The minimum atomic E-state index is -0.171. The summed E-state index contributed by atoms with van der Waals surface area (Å²) in [5.74, 6) is 0. The Morgan fingerprint density at radius 3 is 0.968 bits per heavy atom. The number of ether oxygens (including phenoxy) is 2. The van der Waals surface area contributed by atoms with Crippen molar-refractivity contribution in [1.29, 1.82) is 0 Å². The maximum Gasteiger partial charge on any atom is 0.261 e. The molecule has 0 amide bonds. The van der Waals surface area contributed by atoms with Gasteiger partial charge in [-0.05, 0) is 13.1 Å². The molecule has 0 aromatic rings. The van der Waals surface area contributed by atoms with Gasteiger partial charge in [0.15, 0.2) is 0 Å². The second-order valence-electron chi connectivity index (χ2n) is 7.59. The summed E-state index contributed by atoms with van der Waals surface area (Å²) in [6, 6.07) is 0. The van der Waals surface area contributed by atoms with Crippen molar-refractivity contribution < 1.29 is 9.47 Å².